The van der Waals surface area contributed by atoms with Gasteiger partial charge in [0.05, 0.1) is 5.92 Å². The van der Waals surface area contributed by atoms with Crippen LogP contribution in [0, 0.1) is 0 Å². The van der Waals surface area contributed by atoms with Crippen molar-refractivity contribution in [1.82, 2.24) is 15.0 Å². The van der Waals surface area contributed by atoms with Crippen LogP contribution in [-0.2, 0) is 17.6 Å². The monoisotopic (exact) mass is 446 g/mol. The maximum absolute atomic E-state index is 14.4. The molecule has 1 aliphatic heterocycles. The van der Waals surface area contributed by atoms with Crippen LogP contribution >= 0.6 is 0 Å². The fraction of sp³-hybridized carbons (Fsp3) is 0.583. The Morgan fingerprint density at radius 3 is 2.56 bits per heavy atom. The SMILES string of the molecule is CC(C)c1ncc([C@H](CCCCCCc2ccc3c(n2)NCCC3)C(F)(F)C(=O)O)cn1. The van der Waals surface area contributed by atoms with Gasteiger partial charge in [0.25, 0.3) is 0 Å². The summed E-state index contributed by atoms with van der Waals surface area (Å²) < 4.78 is 28.8. The fourth-order valence-corrected chi connectivity index (χ4v) is 4.05. The van der Waals surface area contributed by atoms with E-state index in [1.165, 1.54) is 18.0 Å². The number of alkyl halides is 2. The molecule has 8 heteroatoms. The molecule has 0 fully saturated rings. The van der Waals surface area contributed by atoms with Gasteiger partial charge in [-0.2, -0.15) is 8.78 Å². The molecule has 0 unspecified atom stereocenters. The molecule has 0 radical (unpaired) electrons. The predicted octanol–water partition coefficient (Wildman–Crippen LogP) is 5.35. The molecule has 0 saturated carbocycles. The first-order valence-corrected chi connectivity index (χ1v) is 11.4. The number of unbranched alkanes of at least 4 members (excludes halogenated alkanes) is 3. The summed E-state index contributed by atoms with van der Waals surface area (Å²) in [4.78, 5) is 24.2. The van der Waals surface area contributed by atoms with Crippen LogP contribution in [0.3, 0.4) is 0 Å². The van der Waals surface area contributed by atoms with Gasteiger partial charge in [-0.3, -0.25) is 0 Å². The maximum Gasteiger partial charge on any atom is 0.375 e. The Kier molecular flexibility index (Phi) is 8.10. The van der Waals surface area contributed by atoms with Crippen molar-refractivity contribution in [1.29, 1.82) is 0 Å². The van der Waals surface area contributed by atoms with Crippen molar-refractivity contribution in [2.75, 3.05) is 11.9 Å². The molecule has 0 aliphatic carbocycles. The smallest absolute Gasteiger partial charge is 0.375 e. The molecule has 1 atom stereocenters. The number of aryl methyl sites for hydroxylation is 2. The van der Waals surface area contributed by atoms with Crippen LogP contribution in [0.5, 0.6) is 0 Å². The molecule has 32 heavy (non-hydrogen) atoms. The van der Waals surface area contributed by atoms with Crippen LogP contribution in [0.2, 0.25) is 0 Å². The molecular formula is C24H32F2N4O2. The zero-order chi connectivity index (χ0) is 23.1. The van der Waals surface area contributed by atoms with Gasteiger partial charge in [0.2, 0.25) is 0 Å². The van der Waals surface area contributed by atoms with Crippen LogP contribution < -0.4 is 5.32 Å². The van der Waals surface area contributed by atoms with Gasteiger partial charge in [0, 0.05) is 30.6 Å². The summed E-state index contributed by atoms with van der Waals surface area (Å²) in [5.41, 5.74) is 2.47. The number of rotatable bonds is 11. The Morgan fingerprint density at radius 1 is 1.16 bits per heavy atom. The summed E-state index contributed by atoms with van der Waals surface area (Å²) in [5.74, 6) is -5.79. The lowest BCUT2D eigenvalue weighted by Gasteiger charge is -2.23. The van der Waals surface area contributed by atoms with Crippen molar-refractivity contribution in [2.45, 2.75) is 83.0 Å². The van der Waals surface area contributed by atoms with Crippen LogP contribution in [0.25, 0.3) is 0 Å². The first-order chi connectivity index (χ1) is 15.3. The summed E-state index contributed by atoms with van der Waals surface area (Å²) in [6.45, 7) is 4.78. The molecular weight excluding hydrogens is 414 g/mol. The van der Waals surface area contributed by atoms with E-state index >= 15 is 0 Å². The van der Waals surface area contributed by atoms with Gasteiger partial charge in [0.1, 0.15) is 11.6 Å². The first-order valence-electron chi connectivity index (χ1n) is 11.4. The fourth-order valence-electron chi connectivity index (χ4n) is 4.05. The predicted molar refractivity (Wildman–Crippen MR) is 119 cm³/mol. The van der Waals surface area contributed by atoms with E-state index in [0.29, 0.717) is 12.2 Å². The lowest BCUT2D eigenvalue weighted by Crippen LogP contribution is -2.36. The van der Waals surface area contributed by atoms with Gasteiger partial charge >= 0.3 is 11.9 Å². The number of carbonyl (C=O) groups is 1. The zero-order valence-corrected chi connectivity index (χ0v) is 18.8. The van der Waals surface area contributed by atoms with Gasteiger partial charge in [-0.15, -0.1) is 0 Å². The van der Waals surface area contributed by atoms with E-state index in [0.717, 1.165) is 56.6 Å². The average Bonchev–Trinajstić information content (AvgIpc) is 2.78. The molecule has 0 spiro atoms. The zero-order valence-electron chi connectivity index (χ0n) is 18.8. The first kappa shape index (κ1) is 24.0. The van der Waals surface area contributed by atoms with Crippen molar-refractivity contribution in [3.8, 4) is 0 Å². The minimum atomic E-state index is -3.86. The van der Waals surface area contributed by atoms with E-state index in [4.69, 9.17) is 5.11 Å². The Morgan fingerprint density at radius 2 is 1.88 bits per heavy atom. The Labute approximate surface area is 187 Å². The number of hydrogen-bond acceptors (Lipinski definition) is 5. The number of aliphatic carboxylic acids is 1. The summed E-state index contributed by atoms with van der Waals surface area (Å²) in [6, 6.07) is 4.20. The molecule has 1 aliphatic rings. The van der Waals surface area contributed by atoms with Gasteiger partial charge in [-0.25, -0.2) is 19.7 Å². The van der Waals surface area contributed by atoms with Gasteiger partial charge in [-0.05, 0) is 49.3 Å². The molecule has 0 bridgehead atoms. The number of aromatic nitrogens is 3. The quantitative estimate of drug-likeness (QED) is 0.453. The number of hydrogen-bond donors (Lipinski definition) is 2. The minimum absolute atomic E-state index is 0.0721. The molecule has 0 saturated heterocycles. The van der Waals surface area contributed by atoms with Crippen molar-refractivity contribution in [3.05, 3.63) is 47.2 Å². The van der Waals surface area contributed by atoms with E-state index in [1.807, 2.05) is 13.8 Å². The van der Waals surface area contributed by atoms with Crippen molar-refractivity contribution in [3.63, 3.8) is 0 Å². The molecule has 0 aromatic carbocycles. The molecule has 3 heterocycles. The lowest BCUT2D eigenvalue weighted by molar-refractivity contribution is -0.168. The van der Waals surface area contributed by atoms with E-state index in [1.54, 1.807) is 0 Å². The van der Waals surface area contributed by atoms with E-state index in [9.17, 15) is 13.6 Å². The largest absolute Gasteiger partial charge is 0.477 e. The second-order valence-corrected chi connectivity index (χ2v) is 8.80. The molecule has 2 N–H and O–H groups in total. The molecule has 6 nitrogen and oxygen atoms in total. The van der Waals surface area contributed by atoms with Gasteiger partial charge < -0.3 is 10.4 Å². The number of pyridine rings is 1. The summed E-state index contributed by atoms with van der Waals surface area (Å²) in [7, 11) is 0. The molecule has 2 aromatic heterocycles. The average molecular weight is 447 g/mol. The summed E-state index contributed by atoms with van der Waals surface area (Å²) >= 11 is 0. The highest BCUT2D eigenvalue weighted by Gasteiger charge is 2.48. The van der Waals surface area contributed by atoms with Crippen LogP contribution in [0.15, 0.2) is 24.5 Å². The van der Waals surface area contributed by atoms with Crippen LogP contribution in [0.1, 0.15) is 86.9 Å². The topological polar surface area (TPSA) is 88.0 Å². The number of nitrogens with one attached hydrogen (secondary N) is 1. The second-order valence-electron chi connectivity index (χ2n) is 8.80. The highest BCUT2D eigenvalue weighted by atomic mass is 19.3. The normalized spacial score (nSPS) is 14.7. The number of carboxylic acids is 1. The van der Waals surface area contributed by atoms with Crippen LogP contribution in [0.4, 0.5) is 14.6 Å². The molecule has 174 valence electrons. The van der Waals surface area contributed by atoms with Gasteiger partial charge in [0.15, 0.2) is 0 Å². The number of halogens is 2. The Balaban J connectivity index is 1.51. The third-order valence-electron chi connectivity index (χ3n) is 5.96. The highest BCUT2D eigenvalue weighted by Crippen LogP contribution is 2.37. The third-order valence-corrected chi connectivity index (χ3v) is 5.96. The maximum atomic E-state index is 14.4. The van der Waals surface area contributed by atoms with E-state index < -0.39 is 17.8 Å². The number of nitrogens with zero attached hydrogens (tertiary/aromatic N) is 3. The molecule has 0 amide bonds. The van der Waals surface area contributed by atoms with Crippen molar-refractivity contribution in [2.24, 2.45) is 0 Å². The third kappa shape index (κ3) is 5.99. The standard InChI is InChI=1S/C24H32F2N4O2/c1-16(2)21-28-14-18(15-29-21)20(24(25,26)23(31)32)10-6-4-3-5-9-19-12-11-17-8-7-13-27-22(17)30-19/h11-12,14-16,20H,3-10,13H2,1-2H3,(H,27,30)(H,31,32)/t20-/m0/s1. The van der Waals surface area contributed by atoms with Crippen molar-refractivity contribution >= 4 is 11.8 Å². The van der Waals surface area contributed by atoms with Crippen LogP contribution in [-0.4, -0.2) is 38.5 Å². The van der Waals surface area contributed by atoms with E-state index in [-0.39, 0.29) is 17.9 Å². The summed E-state index contributed by atoms with van der Waals surface area (Å²) in [5, 5.41) is 12.4. The van der Waals surface area contributed by atoms with Gasteiger partial charge in [-0.1, -0.05) is 39.2 Å². The van der Waals surface area contributed by atoms with Crippen molar-refractivity contribution < 1.29 is 18.7 Å². The Bertz CT molecular complexity index is 903. The Hall–Kier alpha value is -2.64. The number of fused-ring (bicyclic) bond motifs is 1. The molecule has 3 rings (SSSR count). The highest BCUT2D eigenvalue weighted by molar-refractivity contribution is 5.76. The second kappa shape index (κ2) is 10.8. The molecule has 2 aromatic rings. The minimum Gasteiger partial charge on any atom is -0.477 e. The van der Waals surface area contributed by atoms with E-state index in [2.05, 4.69) is 32.4 Å². The number of carboxylic acid groups (broad SMARTS) is 1. The summed E-state index contributed by atoms with van der Waals surface area (Å²) in [6.07, 6.45) is 8.85. The lowest BCUT2D eigenvalue weighted by atomic mass is 9.89. The number of anilines is 1.